The van der Waals surface area contributed by atoms with Crippen LogP contribution in [0.1, 0.15) is 17.5 Å². The monoisotopic (exact) mass is 350 g/mol. The third-order valence-electron chi connectivity index (χ3n) is 4.10. The molecule has 0 aromatic heterocycles. The minimum Gasteiger partial charge on any atom is -0.379 e. The van der Waals surface area contributed by atoms with E-state index in [0.29, 0.717) is 0 Å². The average Bonchev–Trinajstić information content (AvgIpc) is 2.63. The summed E-state index contributed by atoms with van der Waals surface area (Å²) in [5.74, 6) is 2.05. The number of aliphatic imine (C=N–C) groups is 1. The number of hydrogen-bond acceptors (Lipinski definition) is 4. The largest absolute Gasteiger partial charge is 0.379 e. The average molecular weight is 351 g/mol. The number of nitrogens with one attached hydrogen (secondary N) is 2. The van der Waals surface area contributed by atoms with E-state index in [9.17, 15) is 0 Å². The van der Waals surface area contributed by atoms with Gasteiger partial charge in [0.25, 0.3) is 0 Å². The Morgan fingerprint density at radius 2 is 1.96 bits per heavy atom. The summed E-state index contributed by atoms with van der Waals surface area (Å²) < 4.78 is 5.44. The fourth-order valence-electron chi connectivity index (χ4n) is 2.71. The van der Waals surface area contributed by atoms with Crippen molar-refractivity contribution in [3.8, 4) is 0 Å². The van der Waals surface area contributed by atoms with Crippen molar-refractivity contribution in [2.24, 2.45) is 4.99 Å². The Morgan fingerprint density at radius 1 is 1.21 bits per heavy atom. The number of guanidine groups is 1. The van der Waals surface area contributed by atoms with Crippen LogP contribution < -0.4 is 10.6 Å². The SMILES string of the molecule is CN=C(NCCCSC)NCc1ccccc1CN1CCOCC1. The topological polar surface area (TPSA) is 48.9 Å². The van der Waals surface area contributed by atoms with Gasteiger partial charge in [0.05, 0.1) is 13.2 Å². The van der Waals surface area contributed by atoms with Gasteiger partial charge in [0.1, 0.15) is 0 Å². The zero-order valence-corrected chi connectivity index (χ0v) is 15.7. The van der Waals surface area contributed by atoms with Crippen molar-refractivity contribution < 1.29 is 4.74 Å². The van der Waals surface area contributed by atoms with Gasteiger partial charge in [-0.1, -0.05) is 24.3 Å². The molecule has 1 saturated heterocycles. The van der Waals surface area contributed by atoms with Gasteiger partial charge in [0.15, 0.2) is 5.96 Å². The van der Waals surface area contributed by atoms with Crippen LogP contribution in [-0.2, 0) is 17.8 Å². The highest BCUT2D eigenvalue weighted by atomic mass is 32.2. The van der Waals surface area contributed by atoms with Crippen LogP contribution in [0, 0.1) is 0 Å². The van der Waals surface area contributed by atoms with Gasteiger partial charge in [-0.2, -0.15) is 11.8 Å². The van der Waals surface area contributed by atoms with Crippen molar-refractivity contribution in [2.45, 2.75) is 19.5 Å². The lowest BCUT2D eigenvalue weighted by Crippen LogP contribution is -2.38. The van der Waals surface area contributed by atoms with E-state index < -0.39 is 0 Å². The first-order valence-electron chi connectivity index (χ1n) is 8.64. The van der Waals surface area contributed by atoms with Crippen molar-refractivity contribution in [2.75, 3.05) is 51.9 Å². The molecule has 0 atom stereocenters. The van der Waals surface area contributed by atoms with Crippen LogP contribution in [0.5, 0.6) is 0 Å². The Bertz CT molecular complexity index is 504. The van der Waals surface area contributed by atoms with E-state index in [-0.39, 0.29) is 0 Å². The molecule has 24 heavy (non-hydrogen) atoms. The molecule has 0 bridgehead atoms. The number of ether oxygens (including phenoxy) is 1. The molecule has 0 aliphatic carbocycles. The van der Waals surface area contributed by atoms with Crippen molar-refractivity contribution in [3.05, 3.63) is 35.4 Å². The smallest absolute Gasteiger partial charge is 0.191 e. The maximum Gasteiger partial charge on any atom is 0.191 e. The third-order valence-corrected chi connectivity index (χ3v) is 4.80. The maximum absolute atomic E-state index is 5.44. The summed E-state index contributed by atoms with van der Waals surface area (Å²) in [4.78, 5) is 6.76. The van der Waals surface area contributed by atoms with Gasteiger partial charge in [-0.15, -0.1) is 0 Å². The Balaban J connectivity index is 1.84. The molecular weight excluding hydrogens is 320 g/mol. The van der Waals surface area contributed by atoms with Crippen LogP contribution in [0.15, 0.2) is 29.3 Å². The Morgan fingerprint density at radius 3 is 2.67 bits per heavy atom. The highest BCUT2D eigenvalue weighted by Crippen LogP contribution is 2.13. The van der Waals surface area contributed by atoms with Crippen molar-refractivity contribution in [1.29, 1.82) is 0 Å². The van der Waals surface area contributed by atoms with E-state index in [4.69, 9.17) is 4.74 Å². The number of hydrogen-bond donors (Lipinski definition) is 2. The van der Waals surface area contributed by atoms with E-state index in [0.717, 1.165) is 58.3 Å². The molecule has 134 valence electrons. The summed E-state index contributed by atoms with van der Waals surface area (Å²) in [5, 5.41) is 6.80. The van der Waals surface area contributed by atoms with Crippen LogP contribution in [0.25, 0.3) is 0 Å². The number of nitrogens with zero attached hydrogens (tertiary/aromatic N) is 2. The molecule has 6 heteroatoms. The second-order valence-corrected chi connectivity index (χ2v) is 6.84. The predicted molar refractivity (Wildman–Crippen MR) is 104 cm³/mol. The fourth-order valence-corrected chi connectivity index (χ4v) is 3.14. The van der Waals surface area contributed by atoms with Crippen LogP contribution in [0.2, 0.25) is 0 Å². The normalized spacial score (nSPS) is 16.2. The molecular formula is C18H30N4OS. The van der Waals surface area contributed by atoms with E-state index in [2.05, 4.69) is 51.0 Å². The molecule has 0 amide bonds. The molecule has 1 fully saturated rings. The van der Waals surface area contributed by atoms with E-state index in [1.165, 1.54) is 16.9 Å². The van der Waals surface area contributed by atoms with Gasteiger partial charge in [0.2, 0.25) is 0 Å². The summed E-state index contributed by atoms with van der Waals surface area (Å²) in [7, 11) is 1.82. The zero-order chi connectivity index (χ0) is 17.0. The molecule has 0 radical (unpaired) electrons. The molecule has 2 rings (SSSR count). The molecule has 1 aliphatic rings. The van der Waals surface area contributed by atoms with E-state index in [1.807, 2.05) is 18.8 Å². The molecule has 1 aromatic carbocycles. The lowest BCUT2D eigenvalue weighted by atomic mass is 10.1. The van der Waals surface area contributed by atoms with Gasteiger partial charge in [-0.25, -0.2) is 0 Å². The molecule has 2 N–H and O–H groups in total. The Kier molecular flexibility index (Phi) is 9.02. The third kappa shape index (κ3) is 6.71. The summed E-state index contributed by atoms with van der Waals surface area (Å²) in [6.45, 7) is 6.44. The lowest BCUT2D eigenvalue weighted by molar-refractivity contribution is 0.0341. The fraction of sp³-hybridized carbons (Fsp3) is 0.611. The second-order valence-electron chi connectivity index (χ2n) is 5.86. The molecule has 0 saturated carbocycles. The number of morpholine rings is 1. The second kappa shape index (κ2) is 11.3. The van der Waals surface area contributed by atoms with E-state index in [1.54, 1.807) is 0 Å². The molecule has 5 nitrogen and oxygen atoms in total. The summed E-state index contributed by atoms with van der Waals surface area (Å²) in [6, 6.07) is 8.65. The van der Waals surface area contributed by atoms with Crippen LogP contribution in [-0.4, -0.2) is 62.8 Å². The first kappa shape index (κ1) is 19.1. The quantitative estimate of drug-likeness (QED) is 0.426. The van der Waals surface area contributed by atoms with Gasteiger partial charge in [-0.3, -0.25) is 9.89 Å². The Labute approximate surface area is 150 Å². The lowest BCUT2D eigenvalue weighted by Gasteiger charge is -2.27. The van der Waals surface area contributed by atoms with Gasteiger partial charge in [0, 0.05) is 39.8 Å². The minimum absolute atomic E-state index is 0.794. The maximum atomic E-state index is 5.44. The molecule has 1 aliphatic heterocycles. The summed E-state index contributed by atoms with van der Waals surface area (Å²) in [5.41, 5.74) is 2.71. The van der Waals surface area contributed by atoms with Crippen LogP contribution in [0.3, 0.4) is 0 Å². The summed E-state index contributed by atoms with van der Waals surface area (Å²) >= 11 is 1.88. The molecule has 0 spiro atoms. The van der Waals surface area contributed by atoms with Crippen LogP contribution in [0.4, 0.5) is 0 Å². The van der Waals surface area contributed by atoms with Crippen molar-refractivity contribution in [1.82, 2.24) is 15.5 Å². The zero-order valence-electron chi connectivity index (χ0n) is 14.9. The van der Waals surface area contributed by atoms with E-state index >= 15 is 0 Å². The minimum atomic E-state index is 0.794. The standard InChI is InChI=1S/C18H30N4OS/c1-19-18(20-8-5-13-24-2)21-14-16-6-3-4-7-17(16)15-22-9-11-23-12-10-22/h3-4,6-7H,5,8-15H2,1-2H3,(H2,19,20,21). The first-order chi connectivity index (χ1) is 11.8. The Hall–Kier alpha value is -1.24. The van der Waals surface area contributed by atoms with Gasteiger partial charge < -0.3 is 15.4 Å². The van der Waals surface area contributed by atoms with Crippen LogP contribution >= 0.6 is 11.8 Å². The molecule has 1 aromatic rings. The first-order valence-corrected chi connectivity index (χ1v) is 10.0. The van der Waals surface area contributed by atoms with Gasteiger partial charge in [-0.05, 0) is 29.6 Å². The number of thioether (sulfide) groups is 1. The summed E-state index contributed by atoms with van der Waals surface area (Å²) in [6.07, 6.45) is 3.29. The number of benzene rings is 1. The highest BCUT2D eigenvalue weighted by molar-refractivity contribution is 7.98. The van der Waals surface area contributed by atoms with Crippen molar-refractivity contribution >= 4 is 17.7 Å². The highest BCUT2D eigenvalue weighted by Gasteiger charge is 2.12. The molecule has 1 heterocycles. The van der Waals surface area contributed by atoms with Crippen molar-refractivity contribution in [3.63, 3.8) is 0 Å². The predicted octanol–water partition coefficient (Wildman–Crippen LogP) is 1.94. The van der Waals surface area contributed by atoms with Gasteiger partial charge >= 0.3 is 0 Å². The molecule has 0 unspecified atom stereocenters. The number of rotatable bonds is 8.